The fourth-order valence-corrected chi connectivity index (χ4v) is 4.17. The fourth-order valence-electron chi connectivity index (χ4n) is 3.10. The summed E-state index contributed by atoms with van der Waals surface area (Å²) in [5, 5.41) is 0.773. The van der Waals surface area contributed by atoms with Crippen molar-refractivity contribution >= 4 is 26.6 Å². The molecule has 0 atom stereocenters. The molecule has 0 saturated carbocycles. The minimum absolute atomic E-state index is 0.233. The first-order valence-electron chi connectivity index (χ1n) is 8.99. The third-order valence-electron chi connectivity index (χ3n) is 4.61. The molecule has 4 nitrogen and oxygen atoms in total. The molecular weight excluding hydrogens is 368 g/mol. The van der Waals surface area contributed by atoms with E-state index in [4.69, 9.17) is 4.98 Å². The molecule has 0 fully saturated rings. The van der Waals surface area contributed by atoms with Crippen LogP contribution in [0.2, 0.25) is 0 Å². The molecule has 0 saturated heterocycles. The Bertz CT molecular complexity index is 1250. The van der Waals surface area contributed by atoms with Crippen LogP contribution in [0, 0.1) is 13.8 Å². The number of hydrogen-bond donors (Lipinski definition) is 1. The molecule has 1 aromatic heterocycles. The molecule has 140 valence electrons. The minimum Gasteiger partial charge on any atom is -0.279 e. The number of nitrogens with one attached hydrogen (secondary N) is 1. The van der Waals surface area contributed by atoms with Gasteiger partial charge in [-0.3, -0.25) is 4.72 Å². The SMILES string of the molecule is Cc1ccc(S(=O)(=O)Nc2cc(-c3ccccc3)nc3ccc(C)cc23)cc1. The van der Waals surface area contributed by atoms with Crippen molar-refractivity contribution in [3.8, 4) is 11.3 Å². The summed E-state index contributed by atoms with van der Waals surface area (Å²) < 4.78 is 28.7. The smallest absolute Gasteiger partial charge is 0.261 e. The van der Waals surface area contributed by atoms with Gasteiger partial charge in [0.1, 0.15) is 0 Å². The molecule has 0 amide bonds. The van der Waals surface area contributed by atoms with Crippen LogP contribution in [-0.2, 0) is 10.0 Å². The van der Waals surface area contributed by atoms with Gasteiger partial charge in [-0.25, -0.2) is 13.4 Å². The van der Waals surface area contributed by atoms with E-state index in [-0.39, 0.29) is 4.90 Å². The van der Waals surface area contributed by atoms with Gasteiger partial charge in [0.25, 0.3) is 10.0 Å². The summed E-state index contributed by atoms with van der Waals surface area (Å²) in [6, 6.07) is 24.2. The van der Waals surface area contributed by atoms with Crippen LogP contribution in [0.1, 0.15) is 11.1 Å². The second-order valence-electron chi connectivity index (χ2n) is 6.86. The number of sulfonamides is 1. The lowest BCUT2D eigenvalue weighted by Crippen LogP contribution is -2.13. The summed E-state index contributed by atoms with van der Waals surface area (Å²) in [6.45, 7) is 3.90. The van der Waals surface area contributed by atoms with E-state index in [2.05, 4.69) is 4.72 Å². The highest BCUT2D eigenvalue weighted by molar-refractivity contribution is 7.92. The van der Waals surface area contributed by atoms with Crippen molar-refractivity contribution in [2.24, 2.45) is 0 Å². The zero-order chi connectivity index (χ0) is 19.7. The predicted molar refractivity (Wildman–Crippen MR) is 114 cm³/mol. The van der Waals surface area contributed by atoms with Gasteiger partial charge in [-0.1, -0.05) is 59.7 Å². The number of hydrogen-bond acceptors (Lipinski definition) is 3. The molecule has 0 aliphatic heterocycles. The first kappa shape index (κ1) is 18.2. The second-order valence-corrected chi connectivity index (χ2v) is 8.54. The Morgan fingerprint density at radius 3 is 2.18 bits per heavy atom. The van der Waals surface area contributed by atoms with Gasteiger partial charge in [0, 0.05) is 10.9 Å². The summed E-state index contributed by atoms with van der Waals surface area (Å²) in [4.78, 5) is 4.96. The van der Waals surface area contributed by atoms with E-state index in [1.165, 1.54) is 0 Å². The van der Waals surface area contributed by atoms with E-state index in [0.29, 0.717) is 5.69 Å². The first-order chi connectivity index (χ1) is 13.4. The maximum atomic E-state index is 13.0. The van der Waals surface area contributed by atoms with Crippen molar-refractivity contribution < 1.29 is 8.42 Å². The summed E-state index contributed by atoms with van der Waals surface area (Å²) in [5.41, 5.74) is 4.97. The molecule has 1 heterocycles. The quantitative estimate of drug-likeness (QED) is 0.515. The summed E-state index contributed by atoms with van der Waals surface area (Å²) in [6.07, 6.45) is 0. The maximum Gasteiger partial charge on any atom is 0.261 e. The van der Waals surface area contributed by atoms with Crippen LogP contribution in [0.4, 0.5) is 5.69 Å². The number of aromatic nitrogens is 1. The van der Waals surface area contributed by atoms with E-state index < -0.39 is 10.0 Å². The molecule has 0 aliphatic carbocycles. The Hall–Kier alpha value is -3.18. The van der Waals surface area contributed by atoms with Gasteiger partial charge in [-0.2, -0.15) is 0 Å². The van der Waals surface area contributed by atoms with E-state index >= 15 is 0 Å². The zero-order valence-electron chi connectivity index (χ0n) is 15.7. The van der Waals surface area contributed by atoms with Crippen LogP contribution in [0.25, 0.3) is 22.2 Å². The molecule has 0 unspecified atom stereocenters. The minimum atomic E-state index is -3.71. The van der Waals surface area contributed by atoms with Crippen LogP contribution in [0.15, 0.2) is 83.8 Å². The molecule has 5 heteroatoms. The highest BCUT2D eigenvalue weighted by Crippen LogP contribution is 2.30. The van der Waals surface area contributed by atoms with E-state index in [0.717, 1.165) is 33.3 Å². The summed E-state index contributed by atoms with van der Waals surface area (Å²) in [5.74, 6) is 0. The van der Waals surface area contributed by atoms with Gasteiger partial charge >= 0.3 is 0 Å². The number of anilines is 1. The number of nitrogens with zero attached hydrogens (tertiary/aromatic N) is 1. The number of rotatable bonds is 4. The van der Waals surface area contributed by atoms with Crippen LogP contribution in [-0.4, -0.2) is 13.4 Å². The van der Waals surface area contributed by atoms with Crippen LogP contribution >= 0.6 is 0 Å². The molecular formula is C23H20N2O2S. The lowest BCUT2D eigenvalue weighted by Gasteiger charge is -2.13. The van der Waals surface area contributed by atoms with Crippen molar-refractivity contribution in [2.45, 2.75) is 18.7 Å². The normalized spacial score (nSPS) is 11.5. The predicted octanol–water partition coefficient (Wildman–Crippen LogP) is 5.32. The fraction of sp³-hybridized carbons (Fsp3) is 0.0870. The third kappa shape index (κ3) is 3.62. The van der Waals surface area contributed by atoms with Crippen molar-refractivity contribution in [3.05, 3.63) is 90.0 Å². The molecule has 3 aromatic carbocycles. The molecule has 0 bridgehead atoms. The van der Waals surface area contributed by atoms with Crippen molar-refractivity contribution in [3.63, 3.8) is 0 Å². The Morgan fingerprint density at radius 1 is 0.786 bits per heavy atom. The number of pyridine rings is 1. The lowest BCUT2D eigenvalue weighted by atomic mass is 10.1. The monoisotopic (exact) mass is 388 g/mol. The standard InChI is InChI=1S/C23H20N2O2S/c1-16-8-11-19(12-9-16)28(26,27)25-23-15-22(18-6-4-3-5-7-18)24-21-13-10-17(2)14-20(21)23/h3-15H,1-2H3,(H,24,25). The average molecular weight is 388 g/mol. The molecule has 0 aliphatic rings. The largest absolute Gasteiger partial charge is 0.279 e. The Labute approximate surface area is 164 Å². The van der Waals surface area contributed by atoms with Crippen LogP contribution in [0.5, 0.6) is 0 Å². The molecule has 0 spiro atoms. The second kappa shape index (κ2) is 7.09. The number of aryl methyl sites for hydroxylation is 2. The molecule has 0 radical (unpaired) electrons. The maximum absolute atomic E-state index is 13.0. The zero-order valence-corrected chi connectivity index (χ0v) is 16.5. The van der Waals surface area contributed by atoms with Gasteiger partial charge in [-0.05, 0) is 44.2 Å². The van der Waals surface area contributed by atoms with Crippen molar-refractivity contribution in [1.82, 2.24) is 4.98 Å². The van der Waals surface area contributed by atoms with Crippen LogP contribution < -0.4 is 4.72 Å². The lowest BCUT2D eigenvalue weighted by molar-refractivity contribution is 0.601. The number of benzene rings is 3. The number of fused-ring (bicyclic) bond motifs is 1. The Balaban J connectivity index is 1.87. The molecule has 4 rings (SSSR count). The summed E-state index contributed by atoms with van der Waals surface area (Å²) in [7, 11) is -3.71. The van der Waals surface area contributed by atoms with Gasteiger partial charge in [0.15, 0.2) is 0 Å². The first-order valence-corrected chi connectivity index (χ1v) is 10.5. The Kier molecular flexibility index (Phi) is 4.61. The topological polar surface area (TPSA) is 59.1 Å². The molecule has 1 N–H and O–H groups in total. The van der Waals surface area contributed by atoms with Gasteiger partial charge in [0.05, 0.1) is 21.8 Å². The van der Waals surface area contributed by atoms with E-state index in [1.54, 1.807) is 30.3 Å². The van der Waals surface area contributed by atoms with Crippen LogP contribution in [0.3, 0.4) is 0 Å². The third-order valence-corrected chi connectivity index (χ3v) is 5.99. The highest BCUT2D eigenvalue weighted by Gasteiger charge is 2.17. The molecule has 28 heavy (non-hydrogen) atoms. The van der Waals surface area contributed by atoms with Crippen molar-refractivity contribution in [2.75, 3.05) is 4.72 Å². The highest BCUT2D eigenvalue weighted by atomic mass is 32.2. The Morgan fingerprint density at radius 2 is 1.46 bits per heavy atom. The van der Waals surface area contributed by atoms with Gasteiger partial charge in [-0.15, -0.1) is 0 Å². The van der Waals surface area contributed by atoms with E-state index in [9.17, 15) is 8.42 Å². The van der Waals surface area contributed by atoms with Gasteiger partial charge in [0.2, 0.25) is 0 Å². The summed E-state index contributed by atoms with van der Waals surface area (Å²) >= 11 is 0. The van der Waals surface area contributed by atoms with Gasteiger partial charge < -0.3 is 0 Å². The van der Waals surface area contributed by atoms with E-state index in [1.807, 2.05) is 62.4 Å². The average Bonchev–Trinajstić information content (AvgIpc) is 2.69. The molecule has 4 aromatic rings. The van der Waals surface area contributed by atoms with Crippen molar-refractivity contribution in [1.29, 1.82) is 0 Å².